The molecule has 1 fully saturated rings. The van der Waals surface area contributed by atoms with Gasteiger partial charge in [0.05, 0.1) is 23.9 Å². The fourth-order valence-electron chi connectivity index (χ4n) is 5.24. The van der Waals surface area contributed by atoms with Crippen LogP contribution in [0.2, 0.25) is 0 Å². The molecule has 1 saturated carbocycles. The van der Waals surface area contributed by atoms with Crippen LogP contribution in [0.5, 0.6) is 5.75 Å². The van der Waals surface area contributed by atoms with Crippen LogP contribution in [0.15, 0.2) is 36.4 Å². The minimum absolute atomic E-state index is 0.0935. The highest BCUT2D eigenvalue weighted by atomic mass is 32.1. The monoisotopic (exact) mass is 465 g/mol. The highest BCUT2D eigenvalue weighted by Crippen LogP contribution is 2.39. The Labute approximate surface area is 198 Å². The summed E-state index contributed by atoms with van der Waals surface area (Å²) in [5, 5.41) is 3.29. The summed E-state index contributed by atoms with van der Waals surface area (Å²) in [5.41, 5.74) is 1.28. The molecule has 3 heterocycles. The van der Waals surface area contributed by atoms with E-state index in [0.717, 1.165) is 42.3 Å². The number of aryl methyl sites for hydroxylation is 1. The lowest BCUT2D eigenvalue weighted by molar-refractivity contribution is -0.127. The van der Waals surface area contributed by atoms with E-state index in [0.29, 0.717) is 23.7 Å². The van der Waals surface area contributed by atoms with Crippen LogP contribution >= 0.6 is 11.3 Å². The lowest BCUT2D eigenvalue weighted by atomic mass is 9.91. The predicted molar refractivity (Wildman–Crippen MR) is 132 cm³/mol. The van der Waals surface area contributed by atoms with Gasteiger partial charge < -0.3 is 14.6 Å². The van der Waals surface area contributed by atoms with Gasteiger partial charge in [-0.15, -0.1) is 11.3 Å². The van der Waals surface area contributed by atoms with E-state index in [2.05, 4.69) is 18.3 Å². The Balaban J connectivity index is 1.61. The average Bonchev–Trinajstić information content (AvgIpc) is 3.38. The molecule has 7 heteroatoms. The molecule has 2 aliphatic rings. The molecule has 0 radical (unpaired) electrons. The van der Waals surface area contributed by atoms with E-state index in [1.165, 1.54) is 11.3 Å². The number of fused-ring (bicyclic) bond motifs is 3. The van der Waals surface area contributed by atoms with E-state index < -0.39 is 5.54 Å². The molecule has 0 bridgehead atoms. The number of anilines is 1. The van der Waals surface area contributed by atoms with E-state index in [1.807, 2.05) is 41.8 Å². The summed E-state index contributed by atoms with van der Waals surface area (Å²) < 4.78 is 8.56. The number of benzene rings is 1. The van der Waals surface area contributed by atoms with Gasteiger partial charge in [0.2, 0.25) is 5.91 Å². The van der Waals surface area contributed by atoms with Gasteiger partial charge in [-0.25, -0.2) is 0 Å². The van der Waals surface area contributed by atoms with Gasteiger partial charge in [0.25, 0.3) is 5.91 Å². The van der Waals surface area contributed by atoms with E-state index in [-0.39, 0.29) is 17.9 Å². The fourth-order valence-corrected chi connectivity index (χ4v) is 6.29. The molecule has 1 N–H and O–H groups in total. The summed E-state index contributed by atoms with van der Waals surface area (Å²) in [6, 6.07) is 11.7. The summed E-state index contributed by atoms with van der Waals surface area (Å²) in [5.74, 6) is 0.408. The SMILES string of the molecule is CCc1cc2c(cc3n2C[C@@](C)(C(=O)NC2CCCCC2)N(c2cccc(OC)c2)C3=O)s1. The Kier molecular flexibility index (Phi) is 5.69. The third kappa shape index (κ3) is 3.72. The van der Waals surface area contributed by atoms with Crippen molar-refractivity contribution in [3.8, 4) is 5.75 Å². The van der Waals surface area contributed by atoms with Crippen LogP contribution in [0.4, 0.5) is 5.69 Å². The normalized spacial score (nSPS) is 21.3. The quantitative estimate of drug-likeness (QED) is 0.567. The number of nitrogens with zero attached hydrogens (tertiary/aromatic N) is 2. The number of hydrogen-bond acceptors (Lipinski definition) is 4. The molecule has 174 valence electrons. The largest absolute Gasteiger partial charge is 0.497 e. The second-order valence-corrected chi connectivity index (χ2v) is 10.5. The van der Waals surface area contributed by atoms with Crippen molar-refractivity contribution in [2.45, 2.75) is 70.5 Å². The lowest BCUT2D eigenvalue weighted by Gasteiger charge is -2.44. The van der Waals surface area contributed by atoms with E-state index >= 15 is 0 Å². The van der Waals surface area contributed by atoms with Crippen molar-refractivity contribution in [3.63, 3.8) is 0 Å². The van der Waals surface area contributed by atoms with Crippen molar-refractivity contribution in [1.82, 2.24) is 9.88 Å². The molecular formula is C26H31N3O3S. The smallest absolute Gasteiger partial charge is 0.275 e. The van der Waals surface area contributed by atoms with Gasteiger partial charge in [-0.3, -0.25) is 14.5 Å². The zero-order chi connectivity index (χ0) is 23.2. The van der Waals surface area contributed by atoms with Crippen LogP contribution in [0.3, 0.4) is 0 Å². The first-order valence-corrected chi connectivity index (χ1v) is 12.7. The van der Waals surface area contributed by atoms with Crippen LogP contribution in [0.25, 0.3) is 10.2 Å². The lowest BCUT2D eigenvalue weighted by Crippen LogP contribution is -2.65. The highest BCUT2D eigenvalue weighted by Gasteiger charge is 2.49. The number of hydrogen-bond donors (Lipinski definition) is 1. The molecule has 6 nitrogen and oxygen atoms in total. The number of methoxy groups -OCH3 is 1. The molecule has 0 spiro atoms. The maximum Gasteiger partial charge on any atom is 0.275 e. The summed E-state index contributed by atoms with van der Waals surface area (Å²) >= 11 is 1.72. The zero-order valence-electron chi connectivity index (χ0n) is 19.5. The molecule has 5 rings (SSSR count). The molecule has 33 heavy (non-hydrogen) atoms. The first-order chi connectivity index (χ1) is 15.9. The number of aromatic nitrogens is 1. The predicted octanol–water partition coefficient (Wildman–Crippen LogP) is 5.14. The average molecular weight is 466 g/mol. The van der Waals surface area contributed by atoms with Crippen LogP contribution in [0, 0.1) is 0 Å². The molecule has 0 saturated heterocycles. The van der Waals surface area contributed by atoms with Gasteiger partial charge in [0.1, 0.15) is 17.0 Å². The molecule has 3 aromatic rings. The molecule has 1 aliphatic carbocycles. The van der Waals surface area contributed by atoms with Crippen molar-refractivity contribution in [1.29, 1.82) is 0 Å². The van der Waals surface area contributed by atoms with Crippen LogP contribution in [0.1, 0.15) is 61.3 Å². The van der Waals surface area contributed by atoms with E-state index in [1.54, 1.807) is 23.3 Å². The third-order valence-corrected chi connectivity index (χ3v) is 8.33. The fraction of sp³-hybridized carbons (Fsp3) is 0.462. The molecule has 1 aromatic carbocycles. The van der Waals surface area contributed by atoms with Crippen molar-refractivity contribution < 1.29 is 14.3 Å². The molecule has 2 aromatic heterocycles. The summed E-state index contributed by atoms with van der Waals surface area (Å²) in [7, 11) is 1.61. The molecular weight excluding hydrogens is 434 g/mol. The Morgan fingerprint density at radius 3 is 2.73 bits per heavy atom. The zero-order valence-corrected chi connectivity index (χ0v) is 20.3. The second-order valence-electron chi connectivity index (χ2n) is 9.36. The van der Waals surface area contributed by atoms with Crippen molar-refractivity contribution in [2.75, 3.05) is 12.0 Å². The maximum absolute atomic E-state index is 13.9. The number of carbonyl (C=O) groups excluding carboxylic acids is 2. The van der Waals surface area contributed by atoms with Crippen molar-refractivity contribution >= 4 is 39.1 Å². The number of nitrogens with one attached hydrogen (secondary N) is 1. The standard InChI is InChI=1S/C26H31N3O3S/c1-4-20-14-21-23(33-20)15-22-24(30)29(18-11-8-12-19(13-18)32-3)26(2,16-28(21)22)25(31)27-17-9-6-5-7-10-17/h8,11-15,17H,4-7,9-10,16H2,1-3H3,(H,27,31)/t26-/m0/s1. The Hall–Kier alpha value is -2.80. The second kappa shape index (κ2) is 8.52. The van der Waals surface area contributed by atoms with Crippen LogP contribution < -0.4 is 15.0 Å². The Morgan fingerprint density at radius 1 is 1.21 bits per heavy atom. The van der Waals surface area contributed by atoms with E-state index in [9.17, 15) is 9.59 Å². The summed E-state index contributed by atoms with van der Waals surface area (Å²) in [6.07, 6.45) is 6.45. The molecule has 1 atom stereocenters. The van der Waals surface area contributed by atoms with E-state index in [4.69, 9.17) is 4.74 Å². The Bertz CT molecular complexity index is 1210. The number of carbonyl (C=O) groups is 2. The van der Waals surface area contributed by atoms with Crippen LogP contribution in [-0.2, 0) is 17.8 Å². The summed E-state index contributed by atoms with van der Waals surface area (Å²) in [6.45, 7) is 4.44. The van der Waals surface area contributed by atoms with Crippen molar-refractivity contribution in [3.05, 3.63) is 47.0 Å². The highest BCUT2D eigenvalue weighted by molar-refractivity contribution is 7.19. The first kappa shape index (κ1) is 22.0. The van der Waals surface area contributed by atoms with Gasteiger partial charge in [-0.1, -0.05) is 32.3 Å². The minimum atomic E-state index is -1.06. The van der Waals surface area contributed by atoms with Crippen molar-refractivity contribution in [2.24, 2.45) is 0 Å². The van der Waals surface area contributed by atoms with Gasteiger partial charge in [-0.05, 0) is 50.5 Å². The Morgan fingerprint density at radius 2 is 2.00 bits per heavy atom. The number of ether oxygens (including phenoxy) is 1. The maximum atomic E-state index is 13.9. The number of amides is 2. The van der Waals surface area contributed by atoms with Gasteiger partial charge in [0, 0.05) is 22.7 Å². The topological polar surface area (TPSA) is 63.6 Å². The van der Waals surface area contributed by atoms with Gasteiger partial charge in [-0.2, -0.15) is 0 Å². The number of rotatable bonds is 5. The molecule has 1 aliphatic heterocycles. The van der Waals surface area contributed by atoms with Gasteiger partial charge >= 0.3 is 0 Å². The first-order valence-electron chi connectivity index (χ1n) is 11.9. The van der Waals surface area contributed by atoms with Crippen LogP contribution in [-0.4, -0.2) is 35.1 Å². The molecule has 0 unspecified atom stereocenters. The van der Waals surface area contributed by atoms with Gasteiger partial charge in [0.15, 0.2) is 0 Å². The molecule has 2 amide bonds. The third-order valence-electron chi connectivity index (χ3n) is 7.11. The number of thiophene rings is 1. The minimum Gasteiger partial charge on any atom is -0.497 e. The summed E-state index contributed by atoms with van der Waals surface area (Å²) in [4.78, 5) is 30.8.